The highest BCUT2D eigenvalue weighted by Crippen LogP contribution is 2.03. The Labute approximate surface area is 83.4 Å². The summed E-state index contributed by atoms with van der Waals surface area (Å²) in [4.78, 5) is 4.17. The van der Waals surface area contributed by atoms with E-state index < -0.39 is 0 Å². The molecule has 0 aromatic carbocycles. The minimum Gasteiger partial charge on any atom is -0.326 e. The second-order valence-corrected chi connectivity index (χ2v) is 4.61. The molecule has 0 fully saturated rings. The Bertz CT molecular complexity index is 226. The van der Waals surface area contributed by atoms with E-state index >= 15 is 0 Å². The van der Waals surface area contributed by atoms with Gasteiger partial charge in [-0.05, 0) is 26.8 Å². The zero-order valence-corrected chi connectivity index (χ0v) is 9.03. The van der Waals surface area contributed by atoms with Crippen LogP contribution < -0.4 is 11.1 Å². The fraction of sp³-hybridized carbons (Fsp3) is 0.667. The predicted octanol–water partition coefficient (Wildman–Crippen LogP) is 1.36. The van der Waals surface area contributed by atoms with Gasteiger partial charge in [-0.1, -0.05) is 0 Å². The topological polar surface area (TPSA) is 50.9 Å². The third kappa shape index (κ3) is 4.98. The first kappa shape index (κ1) is 10.6. The first-order valence-corrected chi connectivity index (χ1v) is 5.39. The maximum absolute atomic E-state index is 5.84. The molecule has 1 heterocycles. The van der Waals surface area contributed by atoms with Gasteiger partial charge in [-0.25, -0.2) is 4.98 Å². The van der Waals surface area contributed by atoms with Gasteiger partial charge in [-0.2, -0.15) is 0 Å². The third-order valence-electron chi connectivity index (χ3n) is 1.74. The van der Waals surface area contributed by atoms with Crippen molar-refractivity contribution in [2.24, 2.45) is 5.73 Å². The van der Waals surface area contributed by atoms with Gasteiger partial charge in [0.05, 0.1) is 11.2 Å². The zero-order valence-electron chi connectivity index (χ0n) is 8.21. The van der Waals surface area contributed by atoms with Crippen molar-refractivity contribution < 1.29 is 0 Å². The molecule has 74 valence electrons. The molecule has 0 radical (unpaired) electrons. The molecule has 4 heteroatoms. The molecule has 3 nitrogen and oxygen atoms in total. The molecule has 13 heavy (non-hydrogen) atoms. The predicted molar refractivity (Wildman–Crippen MR) is 56.7 cm³/mol. The van der Waals surface area contributed by atoms with Gasteiger partial charge < -0.3 is 11.1 Å². The van der Waals surface area contributed by atoms with Gasteiger partial charge in [0.25, 0.3) is 0 Å². The van der Waals surface area contributed by atoms with Crippen molar-refractivity contribution >= 4 is 11.3 Å². The molecule has 0 aliphatic carbocycles. The lowest BCUT2D eigenvalue weighted by Crippen LogP contribution is -2.35. The average Bonchev–Trinajstić information content (AvgIpc) is 2.48. The highest BCUT2D eigenvalue weighted by molar-refractivity contribution is 7.07. The first-order chi connectivity index (χ1) is 6.08. The molecule has 1 rings (SSSR count). The Morgan fingerprint density at radius 3 is 2.92 bits per heavy atom. The Morgan fingerprint density at radius 1 is 1.62 bits per heavy atom. The molecular weight excluding hydrogens is 182 g/mol. The first-order valence-electron chi connectivity index (χ1n) is 4.44. The van der Waals surface area contributed by atoms with Crippen LogP contribution in [0.2, 0.25) is 0 Å². The molecule has 0 saturated heterocycles. The van der Waals surface area contributed by atoms with Crippen molar-refractivity contribution in [1.82, 2.24) is 10.3 Å². The van der Waals surface area contributed by atoms with Crippen LogP contribution in [0.25, 0.3) is 0 Å². The number of rotatable bonds is 5. The van der Waals surface area contributed by atoms with E-state index in [2.05, 4.69) is 15.7 Å². The summed E-state index contributed by atoms with van der Waals surface area (Å²) in [5.74, 6) is 0. The van der Waals surface area contributed by atoms with Gasteiger partial charge in [0.2, 0.25) is 0 Å². The van der Waals surface area contributed by atoms with Gasteiger partial charge >= 0.3 is 0 Å². The van der Waals surface area contributed by atoms with Crippen LogP contribution in [0.5, 0.6) is 0 Å². The molecule has 3 N–H and O–H groups in total. The smallest absolute Gasteiger partial charge is 0.0795 e. The van der Waals surface area contributed by atoms with E-state index in [1.165, 1.54) is 0 Å². The van der Waals surface area contributed by atoms with E-state index in [1.807, 2.05) is 19.4 Å². The van der Waals surface area contributed by atoms with Crippen LogP contribution in [0.4, 0.5) is 0 Å². The summed E-state index contributed by atoms with van der Waals surface area (Å²) < 4.78 is 0. The zero-order chi connectivity index (χ0) is 9.73. The molecule has 0 aliphatic heterocycles. The largest absolute Gasteiger partial charge is 0.326 e. The monoisotopic (exact) mass is 199 g/mol. The Balaban J connectivity index is 2.09. The summed E-state index contributed by atoms with van der Waals surface area (Å²) in [6, 6.07) is 0. The minimum atomic E-state index is -0.0743. The van der Waals surface area contributed by atoms with E-state index in [1.54, 1.807) is 11.3 Å². The lowest BCUT2D eigenvalue weighted by molar-refractivity contribution is 0.454. The molecular formula is C9H17N3S. The number of nitrogens with zero attached hydrogens (tertiary/aromatic N) is 1. The molecule has 0 saturated carbocycles. The number of nitrogens with two attached hydrogens (primary N) is 1. The fourth-order valence-corrected chi connectivity index (χ4v) is 1.51. The van der Waals surface area contributed by atoms with Crippen LogP contribution in [-0.4, -0.2) is 17.1 Å². The molecule has 0 unspecified atom stereocenters. The Kier molecular flexibility index (Phi) is 3.84. The van der Waals surface area contributed by atoms with Crippen molar-refractivity contribution in [2.45, 2.75) is 32.4 Å². The number of nitrogens with one attached hydrogen (secondary N) is 1. The molecule has 0 atom stereocenters. The van der Waals surface area contributed by atoms with Crippen molar-refractivity contribution in [3.8, 4) is 0 Å². The maximum Gasteiger partial charge on any atom is 0.0795 e. The van der Waals surface area contributed by atoms with Crippen molar-refractivity contribution in [1.29, 1.82) is 0 Å². The molecule has 0 amide bonds. The number of hydrogen-bond acceptors (Lipinski definition) is 4. The van der Waals surface area contributed by atoms with E-state index in [0.29, 0.717) is 0 Å². The number of hydrogen-bond donors (Lipinski definition) is 2. The summed E-state index contributed by atoms with van der Waals surface area (Å²) in [5.41, 5.74) is 8.73. The van der Waals surface area contributed by atoms with Gasteiger partial charge in [-0.3, -0.25) is 0 Å². The molecule has 1 aromatic rings. The summed E-state index contributed by atoms with van der Waals surface area (Å²) in [5, 5.41) is 5.36. The van der Waals surface area contributed by atoms with Crippen LogP contribution in [0.15, 0.2) is 10.9 Å². The van der Waals surface area contributed by atoms with Crippen molar-refractivity contribution in [3.63, 3.8) is 0 Å². The lowest BCUT2D eigenvalue weighted by atomic mass is 10.0. The van der Waals surface area contributed by atoms with Crippen molar-refractivity contribution in [3.05, 3.63) is 16.6 Å². The average molecular weight is 199 g/mol. The molecule has 0 aliphatic rings. The van der Waals surface area contributed by atoms with E-state index in [4.69, 9.17) is 5.73 Å². The second kappa shape index (κ2) is 4.69. The minimum absolute atomic E-state index is 0.0743. The van der Waals surface area contributed by atoms with E-state index in [9.17, 15) is 0 Å². The third-order valence-corrected chi connectivity index (χ3v) is 2.37. The highest BCUT2D eigenvalue weighted by atomic mass is 32.1. The summed E-state index contributed by atoms with van der Waals surface area (Å²) in [6.07, 6.45) is 0.983. The van der Waals surface area contributed by atoms with Gasteiger partial charge in [0.1, 0.15) is 0 Å². The summed E-state index contributed by atoms with van der Waals surface area (Å²) >= 11 is 1.63. The van der Waals surface area contributed by atoms with Crippen LogP contribution in [0.1, 0.15) is 26.0 Å². The van der Waals surface area contributed by atoms with Crippen LogP contribution >= 0.6 is 11.3 Å². The van der Waals surface area contributed by atoms with Crippen LogP contribution in [0.3, 0.4) is 0 Å². The molecule has 0 bridgehead atoms. The normalized spacial score (nSPS) is 11.9. The fourth-order valence-electron chi connectivity index (χ4n) is 0.952. The standard InChI is InChI=1S/C9H17N3S/c1-9(2,10)3-4-11-5-8-6-13-7-12-8/h6-7,11H,3-5,10H2,1-2H3. The quantitative estimate of drug-likeness (QED) is 0.704. The lowest BCUT2D eigenvalue weighted by Gasteiger charge is -2.17. The maximum atomic E-state index is 5.84. The van der Waals surface area contributed by atoms with Crippen molar-refractivity contribution in [2.75, 3.05) is 6.54 Å². The van der Waals surface area contributed by atoms with E-state index in [-0.39, 0.29) is 5.54 Å². The molecule has 0 spiro atoms. The number of thiazole rings is 1. The van der Waals surface area contributed by atoms with E-state index in [0.717, 1.165) is 25.2 Å². The summed E-state index contributed by atoms with van der Waals surface area (Å²) in [6.45, 7) is 5.87. The van der Waals surface area contributed by atoms with Gasteiger partial charge in [0.15, 0.2) is 0 Å². The Hall–Kier alpha value is -0.450. The second-order valence-electron chi connectivity index (χ2n) is 3.90. The molecule has 1 aromatic heterocycles. The highest BCUT2D eigenvalue weighted by Gasteiger charge is 2.08. The van der Waals surface area contributed by atoms with Crippen LogP contribution in [0, 0.1) is 0 Å². The SMILES string of the molecule is CC(C)(N)CCNCc1cscn1. The Morgan fingerprint density at radius 2 is 2.38 bits per heavy atom. The summed E-state index contributed by atoms with van der Waals surface area (Å²) in [7, 11) is 0. The number of aromatic nitrogens is 1. The van der Waals surface area contributed by atoms with Crippen LogP contribution in [-0.2, 0) is 6.54 Å². The van der Waals surface area contributed by atoms with Gasteiger partial charge in [0, 0.05) is 17.5 Å². The van der Waals surface area contributed by atoms with Gasteiger partial charge in [-0.15, -0.1) is 11.3 Å².